The van der Waals surface area contributed by atoms with E-state index >= 15 is 0 Å². The third kappa shape index (κ3) is 54.7. The largest absolute Gasteiger partial charge is 0.462 e. The Balaban J connectivity index is 4.49. The van der Waals surface area contributed by atoms with Gasteiger partial charge in [-0.25, -0.2) is 0 Å². The molecule has 6 heteroatoms. The monoisotopic (exact) mass is 969 g/mol. The lowest BCUT2D eigenvalue weighted by molar-refractivity contribution is -0.167. The Morgan fingerprint density at radius 3 is 1.07 bits per heavy atom. The molecular weight excluding hydrogens is 865 g/mol. The summed E-state index contributed by atoms with van der Waals surface area (Å²) >= 11 is 0. The van der Waals surface area contributed by atoms with Crippen molar-refractivity contribution in [2.24, 2.45) is 0 Å². The molecule has 0 aromatic carbocycles. The van der Waals surface area contributed by atoms with Crippen molar-refractivity contribution in [1.82, 2.24) is 0 Å². The summed E-state index contributed by atoms with van der Waals surface area (Å²) in [5, 5.41) is 0. The first-order chi connectivity index (χ1) is 34.5. The van der Waals surface area contributed by atoms with Crippen LogP contribution in [-0.2, 0) is 28.6 Å². The highest BCUT2D eigenvalue weighted by molar-refractivity contribution is 5.71. The second-order valence-corrected chi connectivity index (χ2v) is 18.6. The van der Waals surface area contributed by atoms with Crippen LogP contribution in [0.1, 0.15) is 245 Å². The van der Waals surface area contributed by atoms with E-state index in [1.54, 1.807) is 0 Å². The molecule has 396 valence electrons. The predicted octanol–water partition coefficient (Wildman–Crippen LogP) is 19.3. The van der Waals surface area contributed by atoms with Crippen LogP contribution in [0.15, 0.2) is 122 Å². The Morgan fingerprint density at radius 1 is 0.314 bits per heavy atom. The number of hydrogen-bond donors (Lipinski definition) is 0. The van der Waals surface area contributed by atoms with Gasteiger partial charge >= 0.3 is 17.9 Å². The first kappa shape index (κ1) is 65.8. The maximum atomic E-state index is 12.9. The van der Waals surface area contributed by atoms with Crippen LogP contribution in [0.25, 0.3) is 0 Å². The van der Waals surface area contributed by atoms with Crippen molar-refractivity contribution >= 4 is 17.9 Å². The second-order valence-electron chi connectivity index (χ2n) is 18.6. The van der Waals surface area contributed by atoms with Crippen LogP contribution in [0.5, 0.6) is 0 Å². The Morgan fingerprint density at radius 2 is 0.629 bits per heavy atom. The van der Waals surface area contributed by atoms with Gasteiger partial charge in [-0.15, -0.1) is 0 Å². The van der Waals surface area contributed by atoms with Gasteiger partial charge in [0.2, 0.25) is 0 Å². The van der Waals surface area contributed by atoms with Gasteiger partial charge in [0, 0.05) is 19.3 Å². The average molecular weight is 970 g/mol. The van der Waals surface area contributed by atoms with E-state index in [0.29, 0.717) is 19.3 Å². The average Bonchev–Trinajstić information content (AvgIpc) is 3.36. The van der Waals surface area contributed by atoms with Crippen LogP contribution >= 0.6 is 0 Å². The fourth-order valence-electron chi connectivity index (χ4n) is 7.59. The fraction of sp³-hybridized carbons (Fsp3) is 0.641. The minimum Gasteiger partial charge on any atom is -0.462 e. The van der Waals surface area contributed by atoms with Gasteiger partial charge in [-0.05, 0) is 96.3 Å². The minimum absolute atomic E-state index is 0.104. The summed E-state index contributed by atoms with van der Waals surface area (Å²) in [6, 6.07) is 0. The standard InChI is InChI=1S/C64H104O6/c1-4-7-10-13-16-19-22-25-28-30-32-34-36-39-42-45-48-51-54-57-63(66)69-60-61(59-68-62(65)56-53-50-47-44-41-38-35-27-24-21-18-15-12-9-6-3)70-64(67)58-55-52-49-46-43-40-37-33-31-29-26-23-20-17-14-11-8-5-2/h7,9-10,12,15-16,18-19,21,24-25,27-29,31,33,35,37-38,41,61H,4-6,8,11,13-14,17,20,22-23,26,30,32,34,36,39-40,42-60H2,1-3H3/b10-7-,12-9-,18-15-,19-16-,24-21-,28-25-,31-29-,35-27-,37-33-,41-38-. The van der Waals surface area contributed by atoms with Gasteiger partial charge in [0.25, 0.3) is 0 Å². The molecular formula is C64H104O6. The molecule has 0 rings (SSSR count). The van der Waals surface area contributed by atoms with E-state index in [1.165, 1.54) is 89.9 Å². The molecule has 1 atom stereocenters. The zero-order valence-electron chi connectivity index (χ0n) is 45.2. The Kier molecular flexibility index (Phi) is 54.0. The van der Waals surface area contributed by atoms with Crippen molar-refractivity contribution in [3.63, 3.8) is 0 Å². The molecule has 0 aliphatic heterocycles. The van der Waals surface area contributed by atoms with Gasteiger partial charge in [-0.1, -0.05) is 251 Å². The second kappa shape index (κ2) is 57.4. The summed E-state index contributed by atoms with van der Waals surface area (Å²) in [4.78, 5) is 38.2. The van der Waals surface area contributed by atoms with Gasteiger partial charge in [0.1, 0.15) is 13.2 Å². The third-order valence-electron chi connectivity index (χ3n) is 11.8. The van der Waals surface area contributed by atoms with E-state index in [0.717, 1.165) is 116 Å². The zero-order valence-corrected chi connectivity index (χ0v) is 45.2. The van der Waals surface area contributed by atoms with Crippen LogP contribution in [0, 0.1) is 0 Å². The molecule has 1 unspecified atom stereocenters. The minimum atomic E-state index is -0.810. The molecule has 0 amide bonds. The van der Waals surface area contributed by atoms with E-state index in [9.17, 15) is 14.4 Å². The molecule has 0 radical (unpaired) electrons. The van der Waals surface area contributed by atoms with E-state index in [-0.39, 0.29) is 31.1 Å². The van der Waals surface area contributed by atoms with Crippen LogP contribution in [-0.4, -0.2) is 37.2 Å². The topological polar surface area (TPSA) is 78.9 Å². The van der Waals surface area contributed by atoms with Crippen molar-refractivity contribution in [2.45, 2.75) is 252 Å². The zero-order chi connectivity index (χ0) is 50.7. The number of carbonyl (C=O) groups is 3. The number of carbonyl (C=O) groups excluding carboxylic acids is 3. The number of allylic oxidation sites excluding steroid dienone is 20. The van der Waals surface area contributed by atoms with E-state index in [4.69, 9.17) is 14.2 Å². The van der Waals surface area contributed by atoms with Gasteiger partial charge < -0.3 is 14.2 Å². The molecule has 0 spiro atoms. The molecule has 0 N–H and O–H groups in total. The van der Waals surface area contributed by atoms with Crippen LogP contribution in [0.2, 0.25) is 0 Å². The lowest BCUT2D eigenvalue weighted by Crippen LogP contribution is -2.30. The smallest absolute Gasteiger partial charge is 0.306 e. The Hall–Kier alpha value is -4.19. The molecule has 0 aliphatic rings. The first-order valence-electron chi connectivity index (χ1n) is 28.6. The maximum Gasteiger partial charge on any atom is 0.306 e. The summed E-state index contributed by atoms with van der Waals surface area (Å²) in [7, 11) is 0. The summed E-state index contributed by atoms with van der Waals surface area (Å²) in [5.74, 6) is -0.969. The van der Waals surface area contributed by atoms with Gasteiger partial charge in [-0.2, -0.15) is 0 Å². The van der Waals surface area contributed by atoms with Crippen molar-refractivity contribution in [2.75, 3.05) is 13.2 Å². The molecule has 0 aromatic rings. The normalized spacial score (nSPS) is 13.0. The van der Waals surface area contributed by atoms with E-state index in [1.807, 2.05) is 48.6 Å². The lowest BCUT2D eigenvalue weighted by atomic mass is 10.1. The van der Waals surface area contributed by atoms with Gasteiger partial charge in [0.15, 0.2) is 6.10 Å². The summed E-state index contributed by atoms with van der Waals surface area (Å²) in [6.45, 7) is 6.33. The number of hydrogen-bond acceptors (Lipinski definition) is 6. The Bertz CT molecular complexity index is 1490. The number of rotatable bonds is 50. The molecule has 0 saturated heterocycles. The molecule has 0 aromatic heterocycles. The van der Waals surface area contributed by atoms with E-state index < -0.39 is 6.10 Å². The molecule has 0 bridgehead atoms. The Labute approximate surface area is 431 Å². The maximum absolute atomic E-state index is 12.9. The van der Waals surface area contributed by atoms with Crippen LogP contribution in [0.4, 0.5) is 0 Å². The highest BCUT2D eigenvalue weighted by Crippen LogP contribution is 2.14. The highest BCUT2D eigenvalue weighted by Gasteiger charge is 2.19. The van der Waals surface area contributed by atoms with Crippen LogP contribution < -0.4 is 0 Å². The fourth-order valence-corrected chi connectivity index (χ4v) is 7.59. The van der Waals surface area contributed by atoms with Crippen molar-refractivity contribution in [3.05, 3.63) is 122 Å². The molecule has 0 fully saturated rings. The lowest BCUT2D eigenvalue weighted by Gasteiger charge is -2.18. The SMILES string of the molecule is CC\C=C/C=C\C=C/C=C\C=C/CCCCCC(=O)OCC(COC(=O)CCCCCCCCCCC/C=C\C/C=C\C/C=C\CC)OC(=O)CCCCCCC/C=C\C=C/CCCCCCCCC. The molecule has 0 saturated carbocycles. The molecule has 0 heterocycles. The summed E-state index contributed by atoms with van der Waals surface area (Å²) in [6.07, 6.45) is 79.0. The number of esters is 3. The third-order valence-corrected chi connectivity index (χ3v) is 11.8. The highest BCUT2D eigenvalue weighted by atomic mass is 16.6. The van der Waals surface area contributed by atoms with Gasteiger partial charge in [-0.3, -0.25) is 14.4 Å². The first-order valence-corrected chi connectivity index (χ1v) is 28.6. The van der Waals surface area contributed by atoms with Crippen molar-refractivity contribution in [1.29, 1.82) is 0 Å². The summed E-state index contributed by atoms with van der Waals surface area (Å²) < 4.78 is 16.8. The number of unbranched alkanes of at least 4 members (excludes halogenated alkanes) is 24. The van der Waals surface area contributed by atoms with Gasteiger partial charge in [0.05, 0.1) is 0 Å². The quantitative estimate of drug-likeness (QED) is 0.0199. The molecule has 6 nitrogen and oxygen atoms in total. The van der Waals surface area contributed by atoms with Crippen LogP contribution in [0.3, 0.4) is 0 Å². The predicted molar refractivity (Wildman–Crippen MR) is 302 cm³/mol. The van der Waals surface area contributed by atoms with E-state index in [2.05, 4.69) is 93.7 Å². The van der Waals surface area contributed by atoms with Crippen molar-refractivity contribution < 1.29 is 28.6 Å². The summed E-state index contributed by atoms with van der Waals surface area (Å²) in [5.41, 5.74) is 0. The molecule has 0 aliphatic carbocycles. The van der Waals surface area contributed by atoms with Crippen molar-refractivity contribution in [3.8, 4) is 0 Å². The number of ether oxygens (including phenoxy) is 3. The molecule has 70 heavy (non-hydrogen) atoms.